The summed E-state index contributed by atoms with van der Waals surface area (Å²) in [5, 5.41) is 0. The quantitative estimate of drug-likeness (QED) is 0.902. The maximum Gasteiger partial charge on any atom is 0.231 e. The number of fused-ring (bicyclic) bond motifs is 4. The second-order valence-corrected chi connectivity index (χ2v) is 7.93. The van der Waals surface area contributed by atoms with E-state index in [2.05, 4.69) is 30.9 Å². The molecule has 3 heterocycles. The van der Waals surface area contributed by atoms with Crippen LogP contribution in [0.5, 0.6) is 5.75 Å². The Morgan fingerprint density at radius 3 is 2.96 bits per heavy atom. The maximum atomic E-state index is 11.2. The molecule has 4 atom stereocenters. The average molecular weight is 330 g/mol. The maximum absolute atomic E-state index is 11.2. The standard InChI is InChI=1S/C19H26N2O3/c1-19(2)14-9-12-10-21(11-17(20)22)8-7-15(12)23-18(14)13-5-3-4-6-16(13)24-19/h3-6,12,14-15,18H,7-11H2,1-2H3,(H2,20,22)/t12-,14-,15-,18+/m1/s1. The van der Waals surface area contributed by atoms with Crippen LogP contribution in [0.4, 0.5) is 0 Å². The summed E-state index contributed by atoms with van der Waals surface area (Å²) in [5.41, 5.74) is 6.29. The molecule has 2 saturated heterocycles. The molecule has 0 spiro atoms. The van der Waals surface area contributed by atoms with Crippen LogP contribution < -0.4 is 10.5 Å². The third-order valence-electron chi connectivity index (χ3n) is 5.86. The van der Waals surface area contributed by atoms with Crippen LogP contribution in [0.2, 0.25) is 0 Å². The van der Waals surface area contributed by atoms with Gasteiger partial charge < -0.3 is 15.2 Å². The summed E-state index contributed by atoms with van der Waals surface area (Å²) in [6, 6.07) is 8.24. The van der Waals surface area contributed by atoms with Crippen molar-refractivity contribution in [1.29, 1.82) is 0 Å². The van der Waals surface area contributed by atoms with E-state index in [9.17, 15) is 4.79 Å². The van der Waals surface area contributed by atoms with Crippen molar-refractivity contribution in [1.82, 2.24) is 4.90 Å². The van der Waals surface area contributed by atoms with E-state index in [4.69, 9.17) is 15.2 Å². The lowest BCUT2D eigenvalue weighted by Gasteiger charge is -2.53. The van der Waals surface area contributed by atoms with Gasteiger partial charge in [0.25, 0.3) is 0 Å². The van der Waals surface area contributed by atoms with Crippen molar-refractivity contribution in [2.75, 3.05) is 19.6 Å². The molecule has 3 aliphatic heterocycles. The number of likely N-dealkylation sites (tertiary alicyclic amines) is 1. The van der Waals surface area contributed by atoms with E-state index in [1.165, 1.54) is 5.56 Å². The Morgan fingerprint density at radius 2 is 2.17 bits per heavy atom. The Bertz CT molecular complexity index is 645. The molecular formula is C19H26N2O3. The number of carbonyl (C=O) groups is 1. The van der Waals surface area contributed by atoms with Crippen molar-refractivity contribution in [3.63, 3.8) is 0 Å². The topological polar surface area (TPSA) is 64.8 Å². The van der Waals surface area contributed by atoms with Crippen molar-refractivity contribution in [2.45, 2.75) is 44.5 Å². The molecule has 2 N–H and O–H groups in total. The molecule has 24 heavy (non-hydrogen) atoms. The Balaban J connectivity index is 1.58. The average Bonchev–Trinajstić information content (AvgIpc) is 2.52. The van der Waals surface area contributed by atoms with Crippen LogP contribution >= 0.6 is 0 Å². The summed E-state index contributed by atoms with van der Waals surface area (Å²) in [6.07, 6.45) is 2.39. The largest absolute Gasteiger partial charge is 0.487 e. The molecule has 0 aliphatic carbocycles. The van der Waals surface area contributed by atoms with E-state index in [0.29, 0.717) is 18.4 Å². The van der Waals surface area contributed by atoms with Gasteiger partial charge >= 0.3 is 0 Å². The molecule has 0 unspecified atom stereocenters. The molecule has 0 saturated carbocycles. The van der Waals surface area contributed by atoms with Gasteiger partial charge in [-0.25, -0.2) is 0 Å². The number of hydrogen-bond donors (Lipinski definition) is 1. The molecule has 0 radical (unpaired) electrons. The Kier molecular flexibility index (Phi) is 3.81. The highest BCUT2D eigenvalue weighted by molar-refractivity contribution is 5.75. The summed E-state index contributed by atoms with van der Waals surface area (Å²) in [4.78, 5) is 13.4. The number of nitrogens with zero attached hydrogens (tertiary/aromatic N) is 1. The lowest BCUT2D eigenvalue weighted by Crippen LogP contribution is -2.55. The van der Waals surface area contributed by atoms with Gasteiger partial charge in [-0.1, -0.05) is 18.2 Å². The van der Waals surface area contributed by atoms with Gasteiger partial charge in [0.2, 0.25) is 5.91 Å². The summed E-state index contributed by atoms with van der Waals surface area (Å²) < 4.78 is 12.9. The number of para-hydroxylation sites is 1. The van der Waals surface area contributed by atoms with Gasteiger partial charge in [0.05, 0.1) is 18.8 Å². The molecule has 130 valence electrons. The van der Waals surface area contributed by atoms with Crippen molar-refractivity contribution in [3.05, 3.63) is 29.8 Å². The number of carbonyl (C=O) groups excluding carboxylic acids is 1. The summed E-state index contributed by atoms with van der Waals surface area (Å²) in [7, 11) is 0. The van der Waals surface area contributed by atoms with E-state index in [1.807, 2.05) is 12.1 Å². The highest BCUT2D eigenvalue weighted by Gasteiger charge is 2.51. The smallest absolute Gasteiger partial charge is 0.231 e. The molecule has 1 amide bonds. The number of hydrogen-bond acceptors (Lipinski definition) is 4. The van der Waals surface area contributed by atoms with Crippen molar-refractivity contribution in [3.8, 4) is 5.75 Å². The van der Waals surface area contributed by atoms with Crippen LogP contribution in [0.15, 0.2) is 24.3 Å². The van der Waals surface area contributed by atoms with Crippen LogP contribution in [0.3, 0.4) is 0 Å². The van der Waals surface area contributed by atoms with Crippen LogP contribution in [0.1, 0.15) is 38.4 Å². The minimum Gasteiger partial charge on any atom is -0.487 e. The first kappa shape index (κ1) is 15.9. The van der Waals surface area contributed by atoms with Gasteiger partial charge in [-0.2, -0.15) is 0 Å². The van der Waals surface area contributed by atoms with E-state index in [0.717, 1.165) is 31.7 Å². The van der Waals surface area contributed by atoms with Crippen LogP contribution in [-0.2, 0) is 9.53 Å². The normalized spacial score (nSPS) is 34.4. The van der Waals surface area contributed by atoms with E-state index in [1.54, 1.807) is 0 Å². The van der Waals surface area contributed by atoms with E-state index >= 15 is 0 Å². The minimum atomic E-state index is -0.254. The number of piperidine rings is 1. The summed E-state index contributed by atoms with van der Waals surface area (Å²) in [6.45, 7) is 6.43. The molecule has 3 aliphatic rings. The number of ether oxygens (including phenoxy) is 2. The zero-order valence-corrected chi connectivity index (χ0v) is 14.4. The van der Waals surface area contributed by atoms with Crippen molar-refractivity contribution >= 4 is 5.91 Å². The molecule has 5 heteroatoms. The zero-order valence-electron chi connectivity index (χ0n) is 14.4. The molecule has 0 aromatic heterocycles. The number of amides is 1. The third-order valence-corrected chi connectivity index (χ3v) is 5.86. The fraction of sp³-hybridized carbons (Fsp3) is 0.632. The van der Waals surface area contributed by atoms with Gasteiger partial charge in [0.1, 0.15) is 11.4 Å². The number of rotatable bonds is 2. The van der Waals surface area contributed by atoms with Gasteiger partial charge in [0, 0.05) is 24.6 Å². The molecule has 4 rings (SSSR count). The molecule has 1 aromatic carbocycles. The second kappa shape index (κ2) is 5.74. The Hall–Kier alpha value is -1.59. The first-order valence-electron chi connectivity index (χ1n) is 8.88. The number of nitrogens with two attached hydrogens (primary N) is 1. The van der Waals surface area contributed by atoms with Gasteiger partial charge in [-0.3, -0.25) is 9.69 Å². The summed E-state index contributed by atoms with van der Waals surface area (Å²) >= 11 is 0. The van der Waals surface area contributed by atoms with Crippen molar-refractivity contribution in [2.24, 2.45) is 17.6 Å². The third kappa shape index (κ3) is 2.70. The Labute approximate surface area is 143 Å². The molecular weight excluding hydrogens is 304 g/mol. The highest BCUT2D eigenvalue weighted by atomic mass is 16.5. The van der Waals surface area contributed by atoms with Gasteiger partial charge in [0.15, 0.2) is 0 Å². The lowest BCUT2D eigenvalue weighted by atomic mass is 9.70. The predicted molar refractivity (Wildman–Crippen MR) is 90.6 cm³/mol. The monoisotopic (exact) mass is 330 g/mol. The van der Waals surface area contributed by atoms with Crippen LogP contribution in [-0.4, -0.2) is 42.1 Å². The SMILES string of the molecule is CC1(C)Oc2ccccc2[C@@H]2O[C@@H]3CCN(CC(N)=O)C[C@H]3C[C@H]21. The number of benzene rings is 1. The molecule has 1 aromatic rings. The summed E-state index contributed by atoms with van der Waals surface area (Å²) in [5.74, 6) is 1.46. The first-order valence-corrected chi connectivity index (χ1v) is 8.88. The molecule has 5 nitrogen and oxygen atoms in total. The molecule has 0 bridgehead atoms. The fourth-order valence-corrected chi connectivity index (χ4v) is 4.69. The van der Waals surface area contributed by atoms with Gasteiger partial charge in [-0.15, -0.1) is 0 Å². The Morgan fingerprint density at radius 1 is 1.38 bits per heavy atom. The van der Waals surface area contributed by atoms with E-state index in [-0.39, 0.29) is 23.7 Å². The minimum absolute atomic E-state index is 0.105. The zero-order chi connectivity index (χ0) is 16.9. The van der Waals surface area contributed by atoms with Gasteiger partial charge in [-0.05, 0) is 38.7 Å². The fourth-order valence-electron chi connectivity index (χ4n) is 4.69. The van der Waals surface area contributed by atoms with E-state index < -0.39 is 0 Å². The first-order chi connectivity index (χ1) is 11.4. The highest BCUT2D eigenvalue weighted by Crippen LogP contribution is 2.52. The predicted octanol–water partition coefficient (Wildman–Crippen LogP) is 2.11. The van der Waals surface area contributed by atoms with Crippen LogP contribution in [0.25, 0.3) is 0 Å². The number of primary amides is 1. The van der Waals surface area contributed by atoms with Crippen molar-refractivity contribution < 1.29 is 14.3 Å². The van der Waals surface area contributed by atoms with Crippen LogP contribution in [0, 0.1) is 11.8 Å². The second-order valence-electron chi connectivity index (χ2n) is 7.93. The lowest BCUT2D eigenvalue weighted by molar-refractivity contribution is -0.187. The molecule has 2 fully saturated rings.